The first-order valence-corrected chi connectivity index (χ1v) is 13.4. The lowest BCUT2D eigenvalue weighted by Gasteiger charge is -2.36. The number of carbonyl (C=O) groups is 1. The maximum Gasteiger partial charge on any atom is 0.241 e. The van der Waals surface area contributed by atoms with Crippen molar-refractivity contribution < 1.29 is 4.79 Å². The molecule has 3 aromatic carbocycles. The molecule has 1 aliphatic rings. The van der Waals surface area contributed by atoms with Gasteiger partial charge in [-0.15, -0.1) is 0 Å². The monoisotopic (exact) mass is 563 g/mol. The lowest BCUT2D eigenvalue weighted by atomic mass is 9.98. The van der Waals surface area contributed by atoms with E-state index in [2.05, 4.69) is 17.0 Å². The molecule has 190 valence electrons. The van der Waals surface area contributed by atoms with Crippen LogP contribution in [0.1, 0.15) is 24.4 Å². The summed E-state index contributed by atoms with van der Waals surface area (Å²) in [6, 6.07) is 19.0. The van der Waals surface area contributed by atoms with E-state index < -0.39 is 0 Å². The molecular formula is C28H29Cl4N3O. The number of anilines is 1. The van der Waals surface area contributed by atoms with E-state index in [1.165, 1.54) is 0 Å². The molecule has 1 aliphatic heterocycles. The molecule has 0 N–H and O–H groups in total. The summed E-state index contributed by atoms with van der Waals surface area (Å²) in [5, 5.41) is 1.92. The van der Waals surface area contributed by atoms with Gasteiger partial charge in [0.1, 0.15) is 0 Å². The standard InChI is InChI=1S/C28H29Cl4N3O/c1-33(2)18-27(36)35(21-12-13-23(29)25(31)16-21)26(17-34-14-3-4-15-34)20-10-8-19(9-11-20)22-6-5-7-24(30)28(22)32/h5-13,16,26H,3-4,14-15,17-18H2,1-2H3. The second-order valence-electron chi connectivity index (χ2n) is 9.35. The second-order valence-corrected chi connectivity index (χ2v) is 10.9. The molecular weight excluding hydrogens is 536 g/mol. The minimum absolute atomic E-state index is 0.00968. The third-order valence-electron chi connectivity index (χ3n) is 6.40. The van der Waals surface area contributed by atoms with Crippen molar-refractivity contribution >= 4 is 58.0 Å². The van der Waals surface area contributed by atoms with Crippen molar-refractivity contribution in [3.8, 4) is 11.1 Å². The molecule has 1 fully saturated rings. The van der Waals surface area contributed by atoms with Crippen LogP contribution in [0.15, 0.2) is 60.7 Å². The predicted octanol–water partition coefficient (Wildman–Crippen LogP) is 7.70. The third-order valence-corrected chi connectivity index (χ3v) is 7.96. The summed E-state index contributed by atoms with van der Waals surface area (Å²) in [5.74, 6) is -0.00968. The SMILES string of the molecule is CN(C)CC(=O)N(c1ccc(Cl)c(Cl)c1)C(CN1CCCC1)c1ccc(-c2cccc(Cl)c2Cl)cc1. The highest BCUT2D eigenvalue weighted by atomic mass is 35.5. The Labute approximate surface area is 233 Å². The zero-order valence-electron chi connectivity index (χ0n) is 20.4. The van der Waals surface area contributed by atoms with Gasteiger partial charge in [-0.2, -0.15) is 0 Å². The van der Waals surface area contributed by atoms with Crippen LogP contribution < -0.4 is 4.90 Å². The number of hydrogen-bond acceptors (Lipinski definition) is 3. The van der Waals surface area contributed by atoms with Gasteiger partial charge in [-0.1, -0.05) is 82.8 Å². The van der Waals surface area contributed by atoms with Crippen LogP contribution in [-0.2, 0) is 4.79 Å². The van der Waals surface area contributed by atoms with Crippen molar-refractivity contribution in [2.24, 2.45) is 0 Å². The van der Waals surface area contributed by atoms with E-state index in [4.69, 9.17) is 46.4 Å². The first-order valence-electron chi connectivity index (χ1n) is 11.9. The van der Waals surface area contributed by atoms with Gasteiger partial charge in [-0.25, -0.2) is 0 Å². The van der Waals surface area contributed by atoms with Crippen molar-refractivity contribution in [2.75, 3.05) is 45.2 Å². The molecule has 1 unspecified atom stereocenters. The summed E-state index contributed by atoms with van der Waals surface area (Å²) in [6.45, 7) is 3.03. The lowest BCUT2D eigenvalue weighted by molar-refractivity contribution is -0.119. The Morgan fingerprint density at radius 1 is 0.889 bits per heavy atom. The molecule has 4 rings (SSSR count). The van der Waals surface area contributed by atoms with Crippen LogP contribution in [-0.4, -0.2) is 56.0 Å². The Bertz CT molecular complexity index is 1210. The average molecular weight is 565 g/mol. The van der Waals surface area contributed by atoms with E-state index in [0.29, 0.717) is 20.1 Å². The molecule has 0 radical (unpaired) electrons. The molecule has 4 nitrogen and oxygen atoms in total. The molecule has 1 amide bonds. The third kappa shape index (κ3) is 6.36. The maximum atomic E-state index is 13.7. The topological polar surface area (TPSA) is 26.8 Å². The minimum atomic E-state index is -0.211. The van der Waals surface area contributed by atoms with Gasteiger partial charge in [0.25, 0.3) is 0 Å². The molecule has 0 bridgehead atoms. The second kappa shape index (κ2) is 12.2. The Morgan fingerprint density at radius 2 is 1.58 bits per heavy atom. The van der Waals surface area contributed by atoms with Crippen molar-refractivity contribution in [3.05, 3.63) is 86.3 Å². The van der Waals surface area contributed by atoms with Crippen molar-refractivity contribution in [1.82, 2.24) is 9.80 Å². The molecule has 0 saturated carbocycles. The van der Waals surface area contributed by atoms with Gasteiger partial charge in [-0.3, -0.25) is 4.79 Å². The van der Waals surface area contributed by atoms with E-state index in [0.717, 1.165) is 54.9 Å². The molecule has 0 spiro atoms. The fourth-order valence-electron chi connectivity index (χ4n) is 4.64. The Hall–Kier alpha value is -1.79. The van der Waals surface area contributed by atoms with Crippen LogP contribution in [0, 0.1) is 0 Å². The first-order chi connectivity index (χ1) is 17.2. The van der Waals surface area contributed by atoms with E-state index in [-0.39, 0.29) is 18.5 Å². The Morgan fingerprint density at radius 3 is 2.22 bits per heavy atom. The number of hydrogen-bond donors (Lipinski definition) is 0. The highest BCUT2D eigenvalue weighted by Crippen LogP contribution is 2.37. The number of nitrogens with zero attached hydrogens (tertiary/aromatic N) is 3. The summed E-state index contributed by atoms with van der Waals surface area (Å²) in [6.07, 6.45) is 2.33. The van der Waals surface area contributed by atoms with Crippen LogP contribution in [0.4, 0.5) is 5.69 Å². The number of halogens is 4. The van der Waals surface area contributed by atoms with Crippen molar-refractivity contribution in [3.63, 3.8) is 0 Å². The summed E-state index contributed by atoms with van der Waals surface area (Å²) in [5.41, 5.74) is 3.59. The summed E-state index contributed by atoms with van der Waals surface area (Å²) >= 11 is 25.3. The van der Waals surface area contributed by atoms with Crippen LogP contribution >= 0.6 is 46.4 Å². The molecule has 8 heteroatoms. The molecule has 1 atom stereocenters. The summed E-state index contributed by atoms with van der Waals surface area (Å²) in [7, 11) is 3.79. The number of rotatable bonds is 8. The molecule has 1 heterocycles. The van der Waals surface area contributed by atoms with Crippen LogP contribution in [0.3, 0.4) is 0 Å². The van der Waals surface area contributed by atoms with Gasteiger partial charge in [-0.05, 0) is 75.4 Å². The largest absolute Gasteiger partial charge is 0.302 e. The summed E-state index contributed by atoms with van der Waals surface area (Å²) in [4.78, 5) is 19.8. The average Bonchev–Trinajstić information content (AvgIpc) is 3.36. The van der Waals surface area contributed by atoms with Crippen molar-refractivity contribution in [2.45, 2.75) is 18.9 Å². The van der Waals surface area contributed by atoms with Gasteiger partial charge < -0.3 is 14.7 Å². The highest BCUT2D eigenvalue weighted by molar-refractivity contribution is 6.43. The predicted molar refractivity (Wildman–Crippen MR) is 153 cm³/mol. The van der Waals surface area contributed by atoms with E-state index in [1.54, 1.807) is 18.2 Å². The molecule has 0 aromatic heterocycles. The van der Waals surface area contributed by atoms with Crippen LogP contribution in [0.25, 0.3) is 11.1 Å². The van der Waals surface area contributed by atoms with Gasteiger partial charge in [0.15, 0.2) is 0 Å². The zero-order valence-corrected chi connectivity index (χ0v) is 23.4. The lowest BCUT2D eigenvalue weighted by Crippen LogP contribution is -2.44. The first kappa shape index (κ1) is 27.3. The summed E-state index contributed by atoms with van der Waals surface area (Å²) < 4.78 is 0. The Balaban J connectivity index is 1.77. The fraction of sp³-hybridized carbons (Fsp3) is 0.321. The number of benzene rings is 3. The van der Waals surface area contributed by atoms with Gasteiger partial charge >= 0.3 is 0 Å². The number of likely N-dealkylation sites (N-methyl/N-ethyl adjacent to an activating group) is 1. The van der Waals surface area contributed by atoms with Gasteiger partial charge in [0.2, 0.25) is 5.91 Å². The van der Waals surface area contributed by atoms with Gasteiger partial charge in [0.05, 0.1) is 32.7 Å². The highest BCUT2D eigenvalue weighted by Gasteiger charge is 2.30. The molecule has 3 aromatic rings. The maximum absolute atomic E-state index is 13.7. The van der Waals surface area contributed by atoms with Crippen LogP contribution in [0.2, 0.25) is 20.1 Å². The quantitative estimate of drug-likeness (QED) is 0.280. The van der Waals surface area contributed by atoms with E-state index >= 15 is 0 Å². The van der Waals surface area contributed by atoms with Gasteiger partial charge in [0, 0.05) is 17.8 Å². The number of carbonyl (C=O) groups excluding carboxylic acids is 1. The van der Waals surface area contributed by atoms with Crippen molar-refractivity contribution in [1.29, 1.82) is 0 Å². The van der Waals surface area contributed by atoms with E-state index in [1.807, 2.05) is 54.2 Å². The fourth-order valence-corrected chi connectivity index (χ4v) is 5.34. The molecule has 36 heavy (non-hydrogen) atoms. The molecule has 0 aliphatic carbocycles. The van der Waals surface area contributed by atoms with Crippen LogP contribution in [0.5, 0.6) is 0 Å². The minimum Gasteiger partial charge on any atom is -0.302 e. The Kier molecular flexibility index (Phi) is 9.21. The van der Waals surface area contributed by atoms with E-state index in [9.17, 15) is 4.79 Å². The molecule has 1 saturated heterocycles. The zero-order chi connectivity index (χ0) is 25.8. The number of amides is 1. The normalized spacial score (nSPS) is 14.9. The smallest absolute Gasteiger partial charge is 0.241 e. The number of likely N-dealkylation sites (tertiary alicyclic amines) is 1.